The highest BCUT2D eigenvalue weighted by Crippen LogP contribution is 2.20. The predicted octanol–water partition coefficient (Wildman–Crippen LogP) is 3.26. The van der Waals surface area contributed by atoms with Crippen molar-refractivity contribution < 1.29 is 0 Å². The fourth-order valence-electron chi connectivity index (χ4n) is 1.67. The molecule has 0 aliphatic rings. The van der Waals surface area contributed by atoms with Crippen molar-refractivity contribution in [2.45, 2.75) is 26.4 Å². The first-order chi connectivity index (χ1) is 8.70. The third-order valence-electron chi connectivity index (χ3n) is 2.35. The van der Waals surface area contributed by atoms with Crippen LogP contribution in [0, 0.1) is 0 Å². The highest BCUT2D eigenvalue weighted by molar-refractivity contribution is 5.89. The second-order valence-corrected chi connectivity index (χ2v) is 4.19. The van der Waals surface area contributed by atoms with Gasteiger partial charge in [-0.25, -0.2) is 9.97 Å². The molecular formula is C12H14N6. The zero-order valence-electron chi connectivity index (χ0n) is 10.3. The predicted molar refractivity (Wildman–Crippen MR) is 71.1 cm³/mol. The zero-order valence-corrected chi connectivity index (χ0v) is 10.3. The van der Waals surface area contributed by atoms with Crippen LogP contribution in [0.5, 0.6) is 0 Å². The number of benzene rings is 1. The van der Waals surface area contributed by atoms with E-state index in [1.165, 1.54) is 0 Å². The summed E-state index contributed by atoms with van der Waals surface area (Å²) in [5, 5.41) is 7.74. The van der Waals surface area contributed by atoms with Crippen molar-refractivity contribution in [3.05, 3.63) is 40.5 Å². The van der Waals surface area contributed by atoms with Crippen LogP contribution in [0.1, 0.15) is 19.7 Å². The average molecular weight is 242 g/mol. The number of nitrogens with zero attached hydrogens (tertiary/aromatic N) is 5. The summed E-state index contributed by atoms with van der Waals surface area (Å²) in [7, 11) is 0. The van der Waals surface area contributed by atoms with Crippen molar-refractivity contribution >= 4 is 16.7 Å². The van der Waals surface area contributed by atoms with Gasteiger partial charge < -0.3 is 5.32 Å². The molecule has 92 valence electrons. The molecule has 0 unspecified atom stereocenters. The molecule has 0 spiro atoms. The van der Waals surface area contributed by atoms with Crippen LogP contribution in [0.4, 0.5) is 5.82 Å². The summed E-state index contributed by atoms with van der Waals surface area (Å²) in [4.78, 5) is 11.5. The van der Waals surface area contributed by atoms with Crippen molar-refractivity contribution in [1.29, 1.82) is 0 Å². The van der Waals surface area contributed by atoms with Crippen molar-refractivity contribution in [3.63, 3.8) is 0 Å². The molecule has 0 aliphatic heterocycles. The van der Waals surface area contributed by atoms with Crippen molar-refractivity contribution in [3.8, 4) is 0 Å². The molecule has 1 aromatic carbocycles. The van der Waals surface area contributed by atoms with E-state index < -0.39 is 0 Å². The Morgan fingerprint density at radius 1 is 1.33 bits per heavy atom. The lowest BCUT2D eigenvalue weighted by molar-refractivity contribution is 0.868. The van der Waals surface area contributed by atoms with E-state index in [2.05, 4.69) is 25.3 Å². The van der Waals surface area contributed by atoms with E-state index >= 15 is 0 Å². The molecule has 0 saturated carbocycles. The Hall–Kier alpha value is -2.33. The molecule has 0 fully saturated rings. The van der Waals surface area contributed by atoms with E-state index in [1.54, 1.807) is 0 Å². The Kier molecular flexibility index (Phi) is 3.60. The molecule has 18 heavy (non-hydrogen) atoms. The molecule has 6 nitrogen and oxygen atoms in total. The third-order valence-corrected chi connectivity index (χ3v) is 2.35. The zero-order chi connectivity index (χ0) is 13.0. The number of aromatic nitrogens is 2. The summed E-state index contributed by atoms with van der Waals surface area (Å²) >= 11 is 0. The first-order valence-electron chi connectivity index (χ1n) is 5.73. The molecule has 6 heteroatoms. The molecule has 2 rings (SSSR count). The van der Waals surface area contributed by atoms with Gasteiger partial charge >= 0.3 is 0 Å². The van der Waals surface area contributed by atoms with E-state index in [1.807, 2.05) is 38.1 Å². The lowest BCUT2D eigenvalue weighted by Crippen LogP contribution is -2.12. The summed E-state index contributed by atoms with van der Waals surface area (Å²) in [5.41, 5.74) is 9.19. The Labute approximate surface area is 105 Å². The van der Waals surface area contributed by atoms with E-state index in [9.17, 15) is 0 Å². The molecule has 0 radical (unpaired) electrons. The SMILES string of the molecule is CC(C)Nc1nc(CN=[N+]=[N-])nc2ccccc12. The van der Waals surface area contributed by atoms with E-state index in [0.717, 1.165) is 16.7 Å². The standard InChI is InChI=1S/C12H14N6/c1-8(2)15-12-9-5-3-4-6-10(9)16-11(17-12)7-14-18-13/h3-6,8H,7H2,1-2H3,(H,15,16,17). The summed E-state index contributed by atoms with van der Waals surface area (Å²) in [6, 6.07) is 8.03. The van der Waals surface area contributed by atoms with Gasteiger partial charge in [0.25, 0.3) is 0 Å². The Balaban J connectivity index is 2.52. The topological polar surface area (TPSA) is 86.6 Å². The first-order valence-corrected chi connectivity index (χ1v) is 5.73. The Morgan fingerprint density at radius 2 is 2.11 bits per heavy atom. The smallest absolute Gasteiger partial charge is 0.137 e. The molecule has 0 atom stereocenters. The minimum atomic E-state index is 0.161. The molecule has 0 bridgehead atoms. The average Bonchev–Trinajstić information content (AvgIpc) is 2.35. The molecule has 1 heterocycles. The summed E-state index contributed by atoms with van der Waals surface area (Å²) < 4.78 is 0. The number of hydrogen-bond donors (Lipinski definition) is 1. The normalized spacial score (nSPS) is 10.4. The quantitative estimate of drug-likeness (QED) is 0.507. The largest absolute Gasteiger partial charge is 0.367 e. The number of anilines is 1. The van der Waals surface area contributed by atoms with Crippen molar-refractivity contribution in [2.24, 2.45) is 5.11 Å². The fourth-order valence-corrected chi connectivity index (χ4v) is 1.67. The van der Waals surface area contributed by atoms with Crippen LogP contribution >= 0.6 is 0 Å². The Morgan fingerprint density at radius 3 is 2.83 bits per heavy atom. The van der Waals surface area contributed by atoms with Crippen LogP contribution in [-0.4, -0.2) is 16.0 Å². The van der Waals surface area contributed by atoms with E-state index in [0.29, 0.717) is 5.82 Å². The van der Waals surface area contributed by atoms with E-state index in [-0.39, 0.29) is 12.6 Å². The van der Waals surface area contributed by atoms with Gasteiger partial charge in [0.2, 0.25) is 0 Å². The summed E-state index contributed by atoms with van der Waals surface area (Å²) in [6.07, 6.45) is 0. The number of nitrogens with one attached hydrogen (secondary N) is 1. The number of hydrogen-bond acceptors (Lipinski definition) is 4. The molecular weight excluding hydrogens is 228 g/mol. The van der Waals surface area contributed by atoms with Gasteiger partial charge in [-0.15, -0.1) is 0 Å². The molecule has 0 aliphatic carbocycles. The van der Waals surface area contributed by atoms with Crippen molar-refractivity contribution in [1.82, 2.24) is 9.97 Å². The maximum Gasteiger partial charge on any atom is 0.137 e. The second kappa shape index (κ2) is 5.33. The maximum absolute atomic E-state index is 8.34. The minimum Gasteiger partial charge on any atom is -0.367 e. The highest BCUT2D eigenvalue weighted by Gasteiger charge is 2.07. The molecule has 0 saturated heterocycles. The maximum atomic E-state index is 8.34. The van der Waals surface area contributed by atoms with Crippen LogP contribution < -0.4 is 5.32 Å². The fraction of sp³-hybridized carbons (Fsp3) is 0.333. The van der Waals surface area contributed by atoms with Gasteiger partial charge in [-0.1, -0.05) is 17.2 Å². The highest BCUT2D eigenvalue weighted by atomic mass is 15.1. The number of fused-ring (bicyclic) bond motifs is 1. The van der Waals surface area contributed by atoms with Gasteiger partial charge in [-0.3, -0.25) is 0 Å². The van der Waals surface area contributed by atoms with Crippen LogP contribution in [0.2, 0.25) is 0 Å². The lowest BCUT2D eigenvalue weighted by atomic mass is 10.2. The Bertz CT molecular complexity index is 601. The second-order valence-electron chi connectivity index (χ2n) is 4.19. The van der Waals surface area contributed by atoms with Gasteiger partial charge in [-0.2, -0.15) is 0 Å². The summed E-state index contributed by atoms with van der Waals surface area (Å²) in [5.74, 6) is 1.30. The number of para-hydroxylation sites is 1. The van der Waals surface area contributed by atoms with Crippen molar-refractivity contribution in [2.75, 3.05) is 5.32 Å². The molecule has 1 N–H and O–H groups in total. The number of azide groups is 1. The monoisotopic (exact) mass is 242 g/mol. The first kappa shape index (κ1) is 12.1. The van der Waals surface area contributed by atoms with Gasteiger partial charge in [0.1, 0.15) is 11.6 Å². The van der Waals surface area contributed by atoms with Crippen LogP contribution in [0.3, 0.4) is 0 Å². The molecule has 1 aromatic heterocycles. The summed E-state index contributed by atoms with van der Waals surface area (Å²) in [6.45, 7) is 4.25. The van der Waals surface area contributed by atoms with Gasteiger partial charge in [0, 0.05) is 16.3 Å². The lowest BCUT2D eigenvalue weighted by Gasteiger charge is -2.12. The van der Waals surface area contributed by atoms with Gasteiger partial charge in [-0.05, 0) is 31.5 Å². The number of rotatable bonds is 4. The van der Waals surface area contributed by atoms with Crippen LogP contribution in [-0.2, 0) is 6.54 Å². The van der Waals surface area contributed by atoms with Crippen LogP contribution in [0.15, 0.2) is 29.4 Å². The minimum absolute atomic E-state index is 0.161. The third kappa shape index (κ3) is 2.67. The van der Waals surface area contributed by atoms with Gasteiger partial charge in [0.15, 0.2) is 0 Å². The van der Waals surface area contributed by atoms with Crippen LogP contribution in [0.25, 0.3) is 21.3 Å². The molecule has 0 amide bonds. The molecule has 2 aromatic rings. The van der Waals surface area contributed by atoms with E-state index in [4.69, 9.17) is 5.53 Å². The van der Waals surface area contributed by atoms with Gasteiger partial charge in [0.05, 0.1) is 12.1 Å².